The Labute approximate surface area is 216 Å². The number of pyridine rings is 1. The maximum atomic E-state index is 13.1. The molecule has 0 spiro atoms. The Morgan fingerprint density at radius 2 is 1.75 bits per heavy atom. The predicted molar refractivity (Wildman–Crippen MR) is 138 cm³/mol. The summed E-state index contributed by atoms with van der Waals surface area (Å²) >= 11 is 6.44. The van der Waals surface area contributed by atoms with Crippen molar-refractivity contribution in [1.29, 1.82) is 0 Å². The standard InChI is InChI=1S/C27H29ClFN3O3S/c1-17-15-21(13-14-30-17)25-12-11-24(16-26(25)28)36(34,35)32-23-9-5-20(6-10-23)27(33)31-18(2)19-3-7-22(29)8-4-19/h3-4,7-8,11-16,18,20,23,32H,5-6,9-10H2,1-2H3,(H,31,33)/t18-,20-,23-/m1/s1. The number of nitrogens with one attached hydrogen (secondary N) is 2. The summed E-state index contributed by atoms with van der Waals surface area (Å²) in [5.41, 5.74) is 3.28. The Kier molecular flexibility index (Phi) is 8.07. The molecule has 0 radical (unpaired) electrons. The summed E-state index contributed by atoms with van der Waals surface area (Å²) in [7, 11) is -3.76. The molecule has 6 nitrogen and oxygen atoms in total. The lowest BCUT2D eigenvalue weighted by Gasteiger charge is -2.29. The van der Waals surface area contributed by atoms with Gasteiger partial charge in [0.2, 0.25) is 15.9 Å². The fraction of sp³-hybridized carbons (Fsp3) is 0.333. The van der Waals surface area contributed by atoms with E-state index in [1.807, 2.05) is 26.0 Å². The molecule has 0 unspecified atom stereocenters. The van der Waals surface area contributed by atoms with Crippen LogP contribution in [0.4, 0.5) is 4.39 Å². The minimum Gasteiger partial charge on any atom is -0.349 e. The molecule has 1 amide bonds. The molecule has 3 aromatic rings. The summed E-state index contributed by atoms with van der Waals surface area (Å²) in [6.07, 6.45) is 3.97. The van der Waals surface area contributed by atoms with Crippen LogP contribution in [0.5, 0.6) is 0 Å². The lowest BCUT2D eigenvalue weighted by atomic mass is 9.85. The maximum absolute atomic E-state index is 13.1. The van der Waals surface area contributed by atoms with Crippen LogP contribution in [0.1, 0.15) is 49.9 Å². The second kappa shape index (κ2) is 11.1. The molecule has 1 saturated carbocycles. The van der Waals surface area contributed by atoms with Gasteiger partial charge in [0, 0.05) is 34.4 Å². The van der Waals surface area contributed by atoms with Gasteiger partial charge in [-0.15, -0.1) is 0 Å². The normalized spacial score (nSPS) is 19.0. The van der Waals surface area contributed by atoms with Crippen molar-refractivity contribution in [3.05, 3.63) is 82.9 Å². The molecule has 1 aliphatic carbocycles. The van der Waals surface area contributed by atoms with Crippen molar-refractivity contribution in [3.8, 4) is 11.1 Å². The van der Waals surface area contributed by atoms with E-state index in [1.165, 1.54) is 18.2 Å². The van der Waals surface area contributed by atoms with Crippen molar-refractivity contribution < 1.29 is 17.6 Å². The van der Waals surface area contributed by atoms with Gasteiger partial charge in [-0.2, -0.15) is 0 Å². The zero-order valence-electron chi connectivity index (χ0n) is 20.2. The van der Waals surface area contributed by atoms with Crippen molar-refractivity contribution in [2.24, 2.45) is 5.92 Å². The highest BCUT2D eigenvalue weighted by atomic mass is 35.5. The Morgan fingerprint density at radius 1 is 1.06 bits per heavy atom. The Hall–Kier alpha value is -2.81. The third-order valence-corrected chi connectivity index (χ3v) is 8.44. The van der Waals surface area contributed by atoms with E-state index in [4.69, 9.17) is 11.6 Å². The lowest BCUT2D eigenvalue weighted by molar-refractivity contribution is -0.126. The summed E-state index contributed by atoms with van der Waals surface area (Å²) in [5, 5.41) is 3.33. The fourth-order valence-electron chi connectivity index (χ4n) is 4.54. The third kappa shape index (κ3) is 6.30. The fourth-order valence-corrected chi connectivity index (χ4v) is 6.22. The van der Waals surface area contributed by atoms with Crippen LogP contribution >= 0.6 is 11.6 Å². The molecule has 0 aliphatic heterocycles. The van der Waals surface area contributed by atoms with Crippen molar-refractivity contribution in [3.63, 3.8) is 0 Å². The number of hydrogen-bond donors (Lipinski definition) is 2. The number of benzene rings is 2. The lowest BCUT2D eigenvalue weighted by Crippen LogP contribution is -2.41. The molecule has 9 heteroatoms. The summed E-state index contributed by atoms with van der Waals surface area (Å²) in [6.45, 7) is 3.74. The van der Waals surface area contributed by atoms with Crippen molar-refractivity contribution in [2.75, 3.05) is 0 Å². The minimum atomic E-state index is -3.76. The number of hydrogen-bond acceptors (Lipinski definition) is 4. The van der Waals surface area contributed by atoms with Gasteiger partial charge < -0.3 is 5.32 Å². The van der Waals surface area contributed by atoms with Crippen LogP contribution in [0, 0.1) is 18.7 Å². The first-order valence-corrected chi connectivity index (χ1v) is 13.8. The van der Waals surface area contributed by atoms with Crippen LogP contribution in [0.2, 0.25) is 5.02 Å². The molecular formula is C27H29ClFN3O3S. The number of carbonyl (C=O) groups is 1. The molecule has 2 N–H and O–H groups in total. The van der Waals surface area contributed by atoms with Crippen LogP contribution in [-0.2, 0) is 14.8 Å². The average Bonchev–Trinajstić information content (AvgIpc) is 2.84. The number of aryl methyl sites for hydroxylation is 1. The SMILES string of the molecule is Cc1cc(-c2ccc(S(=O)(=O)N[C@H]3CC[C@H](C(=O)N[C@H](C)c4ccc(F)cc4)CC3)cc2Cl)ccn1. The Balaban J connectivity index is 1.34. The maximum Gasteiger partial charge on any atom is 0.240 e. The summed E-state index contributed by atoms with van der Waals surface area (Å²) < 4.78 is 41.9. The molecule has 1 fully saturated rings. The molecule has 1 aromatic heterocycles. The molecule has 1 heterocycles. The highest BCUT2D eigenvalue weighted by molar-refractivity contribution is 7.89. The molecule has 36 heavy (non-hydrogen) atoms. The quantitative estimate of drug-likeness (QED) is 0.419. The average molecular weight is 530 g/mol. The van der Waals surface area contributed by atoms with Gasteiger partial charge in [-0.25, -0.2) is 17.5 Å². The number of amides is 1. The van der Waals surface area contributed by atoms with Crippen LogP contribution in [-0.4, -0.2) is 25.4 Å². The molecule has 0 bridgehead atoms. The van der Waals surface area contributed by atoms with Gasteiger partial charge in [0.15, 0.2) is 0 Å². The number of carbonyl (C=O) groups excluding carboxylic acids is 1. The van der Waals surface area contributed by atoms with E-state index in [2.05, 4.69) is 15.0 Å². The number of aromatic nitrogens is 1. The Morgan fingerprint density at radius 3 is 2.39 bits per heavy atom. The summed E-state index contributed by atoms with van der Waals surface area (Å²) in [6, 6.07) is 14.0. The molecular weight excluding hydrogens is 501 g/mol. The van der Waals surface area contributed by atoms with Crippen molar-refractivity contribution >= 4 is 27.5 Å². The van der Waals surface area contributed by atoms with E-state index in [1.54, 1.807) is 30.5 Å². The minimum absolute atomic E-state index is 0.0677. The van der Waals surface area contributed by atoms with Gasteiger partial charge in [-0.05, 0) is 87.1 Å². The molecule has 190 valence electrons. The van der Waals surface area contributed by atoms with E-state index in [0.29, 0.717) is 30.7 Å². The first kappa shape index (κ1) is 26.3. The third-order valence-electron chi connectivity index (χ3n) is 6.61. The number of halogens is 2. The van der Waals surface area contributed by atoms with Crippen molar-refractivity contribution in [2.45, 2.75) is 56.5 Å². The number of sulfonamides is 1. The number of nitrogens with zero attached hydrogens (tertiary/aromatic N) is 1. The van der Waals surface area contributed by atoms with Gasteiger partial charge in [-0.1, -0.05) is 29.8 Å². The summed E-state index contributed by atoms with van der Waals surface area (Å²) in [5.74, 6) is -0.576. The van der Waals surface area contributed by atoms with Gasteiger partial charge in [0.25, 0.3) is 0 Å². The zero-order valence-corrected chi connectivity index (χ0v) is 21.7. The zero-order chi connectivity index (χ0) is 25.9. The van der Waals surface area contributed by atoms with Crippen molar-refractivity contribution in [1.82, 2.24) is 15.0 Å². The van der Waals surface area contributed by atoms with Gasteiger partial charge in [-0.3, -0.25) is 9.78 Å². The van der Waals surface area contributed by atoms with E-state index >= 15 is 0 Å². The Bertz CT molecular complexity index is 1340. The number of rotatable bonds is 7. The van der Waals surface area contributed by atoms with Gasteiger partial charge in [0.1, 0.15) is 5.82 Å². The topological polar surface area (TPSA) is 88.2 Å². The molecule has 1 aliphatic rings. The molecule has 1 atom stereocenters. The van der Waals surface area contributed by atoms with Gasteiger partial charge in [0.05, 0.1) is 10.9 Å². The highest BCUT2D eigenvalue weighted by Crippen LogP contribution is 2.31. The second-order valence-corrected chi connectivity index (χ2v) is 11.4. The molecule has 0 saturated heterocycles. The van der Waals surface area contributed by atoms with Gasteiger partial charge >= 0.3 is 0 Å². The summed E-state index contributed by atoms with van der Waals surface area (Å²) in [4.78, 5) is 17.0. The van der Waals surface area contributed by atoms with E-state index in [-0.39, 0.29) is 34.6 Å². The van der Waals surface area contributed by atoms with E-state index in [9.17, 15) is 17.6 Å². The first-order valence-electron chi connectivity index (χ1n) is 11.9. The van der Waals surface area contributed by atoms with E-state index < -0.39 is 10.0 Å². The van der Waals surface area contributed by atoms with Crippen LogP contribution < -0.4 is 10.0 Å². The largest absolute Gasteiger partial charge is 0.349 e. The predicted octanol–water partition coefficient (Wildman–Crippen LogP) is 5.56. The molecule has 2 aromatic carbocycles. The second-order valence-electron chi connectivity index (χ2n) is 9.28. The van der Waals surface area contributed by atoms with Crippen LogP contribution in [0.15, 0.2) is 65.7 Å². The van der Waals surface area contributed by atoms with Crippen LogP contribution in [0.3, 0.4) is 0 Å². The van der Waals surface area contributed by atoms with Crippen LogP contribution in [0.25, 0.3) is 11.1 Å². The van der Waals surface area contributed by atoms with E-state index in [0.717, 1.165) is 22.4 Å². The molecule has 4 rings (SSSR count). The smallest absolute Gasteiger partial charge is 0.240 e. The first-order chi connectivity index (χ1) is 17.1. The monoisotopic (exact) mass is 529 g/mol. The highest BCUT2D eigenvalue weighted by Gasteiger charge is 2.30.